The molecule has 29 heavy (non-hydrogen) atoms. The first-order valence-electron chi connectivity index (χ1n) is 9.79. The zero-order chi connectivity index (χ0) is 20.1. The van der Waals surface area contributed by atoms with Crippen LogP contribution in [0, 0.1) is 0 Å². The lowest BCUT2D eigenvalue weighted by atomic mass is 10.0. The van der Waals surface area contributed by atoms with Crippen LogP contribution in [-0.2, 0) is 17.8 Å². The van der Waals surface area contributed by atoms with Crippen molar-refractivity contribution in [2.45, 2.75) is 31.8 Å². The van der Waals surface area contributed by atoms with Crippen LogP contribution in [0.25, 0.3) is 10.6 Å². The molecule has 0 spiro atoms. The van der Waals surface area contributed by atoms with Crippen molar-refractivity contribution < 1.29 is 4.79 Å². The van der Waals surface area contributed by atoms with Gasteiger partial charge in [0, 0.05) is 49.4 Å². The maximum Gasteiger partial charge on any atom is 0.225 e. The Morgan fingerprint density at radius 3 is 2.62 bits per heavy atom. The summed E-state index contributed by atoms with van der Waals surface area (Å²) in [4.78, 5) is 35.3. The van der Waals surface area contributed by atoms with E-state index < -0.39 is 0 Å². The number of carbonyl (C=O) groups excluding carboxylic acids is 1. The van der Waals surface area contributed by atoms with Crippen molar-refractivity contribution in [2.24, 2.45) is 0 Å². The maximum absolute atomic E-state index is 10.7. The van der Waals surface area contributed by atoms with Crippen molar-refractivity contribution >= 4 is 23.6 Å². The maximum atomic E-state index is 10.7. The van der Waals surface area contributed by atoms with Gasteiger partial charge in [0.25, 0.3) is 0 Å². The summed E-state index contributed by atoms with van der Waals surface area (Å²) in [5.74, 6) is 0.819. The summed E-state index contributed by atoms with van der Waals surface area (Å²) in [7, 11) is 2.15. The van der Waals surface area contributed by atoms with Crippen molar-refractivity contribution in [2.75, 3.05) is 25.0 Å². The molecule has 4 heterocycles. The number of aromatic nitrogens is 4. The van der Waals surface area contributed by atoms with Gasteiger partial charge in [0.15, 0.2) is 0 Å². The number of rotatable bonds is 7. The fourth-order valence-electron chi connectivity index (χ4n) is 3.62. The highest BCUT2D eigenvalue weighted by molar-refractivity contribution is 7.15. The van der Waals surface area contributed by atoms with Crippen molar-refractivity contribution in [3.05, 3.63) is 53.6 Å². The Kier molecular flexibility index (Phi) is 6.21. The molecule has 1 saturated heterocycles. The minimum absolute atomic E-state index is 0.455. The normalized spacial score (nSPS) is 15.0. The van der Waals surface area contributed by atoms with E-state index in [0.29, 0.717) is 12.5 Å². The molecule has 1 aliphatic rings. The lowest BCUT2D eigenvalue weighted by molar-refractivity contribution is -0.107. The minimum atomic E-state index is 0.455. The standard InChI is InChI=1S/C21H24N6OS/c1-26(17-5-10-27(11-6-17)21-22-8-2-9-23-21)15-16-13-25-19(14-24-16)20-4-3-18(29-20)7-12-28/h2-4,8-9,12-14,17H,5-7,10-11,15H2,1H3. The van der Waals surface area contributed by atoms with Gasteiger partial charge in [-0.15, -0.1) is 11.3 Å². The van der Waals surface area contributed by atoms with Gasteiger partial charge < -0.3 is 9.69 Å². The highest BCUT2D eigenvalue weighted by atomic mass is 32.1. The van der Waals surface area contributed by atoms with Gasteiger partial charge in [-0.3, -0.25) is 14.9 Å². The summed E-state index contributed by atoms with van der Waals surface area (Å²) in [5.41, 5.74) is 1.82. The van der Waals surface area contributed by atoms with Crippen LogP contribution in [0.1, 0.15) is 23.4 Å². The predicted octanol–water partition coefficient (Wildman–Crippen LogP) is 2.84. The summed E-state index contributed by atoms with van der Waals surface area (Å²) in [6, 6.07) is 6.34. The molecule has 150 valence electrons. The summed E-state index contributed by atoms with van der Waals surface area (Å²) in [5, 5.41) is 0. The van der Waals surface area contributed by atoms with Crippen LogP contribution in [0.5, 0.6) is 0 Å². The molecule has 8 heteroatoms. The molecule has 1 fully saturated rings. The molecule has 0 N–H and O–H groups in total. The molecule has 0 bridgehead atoms. The lowest BCUT2D eigenvalue weighted by Gasteiger charge is -2.36. The largest absolute Gasteiger partial charge is 0.341 e. The van der Waals surface area contributed by atoms with E-state index in [1.165, 1.54) is 0 Å². The Labute approximate surface area is 174 Å². The molecular formula is C21H24N6OS. The van der Waals surface area contributed by atoms with Crippen molar-refractivity contribution in [1.82, 2.24) is 24.8 Å². The fraction of sp³-hybridized carbons (Fsp3) is 0.381. The molecule has 0 aliphatic carbocycles. The molecular weight excluding hydrogens is 384 g/mol. The summed E-state index contributed by atoms with van der Waals surface area (Å²) in [6.45, 7) is 2.71. The number of carbonyl (C=O) groups is 1. The average Bonchev–Trinajstić information content (AvgIpc) is 3.24. The third kappa shape index (κ3) is 4.83. The van der Waals surface area contributed by atoms with Crippen LogP contribution in [0.2, 0.25) is 0 Å². The second-order valence-corrected chi connectivity index (χ2v) is 8.38. The highest BCUT2D eigenvalue weighted by Gasteiger charge is 2.24. The van der Waals surface area contributed by atoms with Crippen molar-refractivity contribution in [3.63, 3.8) is 0 Å². The number of anilines is 1. The van der Waals surface area contributed by atoms with Gasteiger partial charge in [-0.1, -0.05) is 0 Å². The monoisotopic (exact) mass is 408 g/mol. The Balaban J connectivity index is 1.31. The first-order valence-corrected chi connectivity index (χ1v) is 10.6. The minimum Gasteiger partial charge on any atom is -0.341 e. The smallest absolute Gasteiger partial charge is 0.225 e. The van der Waals surface area contributed by atoms with Crippen LogP contribution in [0.15, 0.2) is 43.0 Å². The van der Waals surface area contributed by atoms with E-state index in [4.69, 9.17) is 0 Å². The van der Waals surface area contributed by atoms with Crippen LogP contribution >= 0.6 is 11.3 Å². The average molecular weight is 409 g/mol. The van der Waals surface area contributed by atoms with Crippen molar-refractivity contribution in [3.8, 4) is 10.6 Å². The molecule has 0 aromatic carbocycles. The van der Waals surface area contributed by atoms with E-state index in [1.54, 1.807) is 23.7 Å². The first-order chi connectivity index (χ1) is 14.2. The molecule has 0 radical (unpaired) electrons. The van der Waals surface area contributed by atoms with Crippen LogP contribution in [0.3, 0.4) is 0 Å². The summed E-state index contributed by atoms with van der Waals surface area (Å²) >= 11 is 1.59. The molecule has 1 aliphatic heterocycles. The quantitative estimate of drug-likeness (QED) is 0.557. The second kappa shape index (κ2) is 9.19. The van der Waals surface area contributed by atoms with E-state index in [-0.39, 0.29) is 0 Å². The molecule has 3 aromatic rings. The molecule has 7 nitrogen and oxygen atoms in total. The van der Waals surface area contributed by atoms with Crippen LogP contribution in [-0.4, -0.2) is 57.3 Å². The number of hydrogen-bond donors (Lipinski definition) is 0. The van der Waals surface area contributed by atoms with Gasteiger partial charge in [-0.2, -0.15) is 0 Å². The van der Waals surface area contributed by atoms with Gasteiger partial charge in [0.1, 0.15) is 6.29 Å². The van der Waals surface area contributed by atoms with Gasteiger partial charge >= 0.3 is 0 Å². The second-order valence-electron chi connectivity index (χ2n) is 7.21. The number of nitrogens with zero attached hydrogens (tertiary/aromatic N) is 6. The van der Waals surface area contributed by atoms with Gasteiger partial charge in [0.2, 0.25) is 5.95 Å². The number of thiophene rings is 1. The van der Waals surface area contributed by atoms with E-state index in [0.717, 1.165) is 65.9 Å². The van der Waals surface area contributed by atoms with Crippen LogP contribution < -0.4 is 4.90 Å². The van der Waals surface area contributed by atoms with Gasteiger partial charge in [0.05, 0.1) is 28.7 Å². The number of piperidine rings is 1. The Hall–Kier alpha value is -2.71. The number of aldehydes is 1. The highest BCUT2D eigenvalue weighted by Crippen LogP contribution is 2.26. The SMILES string of the molecule is CN(Cc1cnc(-c2ccc(CC=O)s2)cn1)C1CCN(c2ncccn2)CC1. The van der Waals surface area contributed by atoms with E-state index in [1.807, 2.05) is 30.6 Å². The topological polar surface area (TPSA) is 75.1 Å². The van der Waals surface area contributed by atoms with Crippen molar-refractivity contribution in [1.29, 1.82) is 0 Å². The first kappa shape index (κ1) is 19.6. The third-order valence-electron chi connectivity index (χ3n) is 5.24. The van der Waals surface area contributed by atoms with E-state index >= 15 is 0 Å². The third-order valence-corrected chi connectivity index (χ3v) is 6.37. The Morgan fingerprint density at radius 2 is 1.93 bits per heavy atom. The fourth-order valence-corrected chi connectivity index (χ4v) is 4.53. The summed E-state index contributed by atoms with van der Waals surface area (Å²) < 4.78 is 0. The summed E-state index contributed by atoms with van der Waals surface area (Å²) in [6.07, 6.45) is 10.8. The molecule has 3 aromatic heterocycles. The van der Waals surface area contributed by atoms with Crippen LogP contribution in [0.4, 0.5) is 5.95 Å². The van der Waals surface area contributed by atoms with Gasteiger partial charge in [-0.05, 0) is 38.1 Å². The molecule has 0 saturated carbocycles. The molecule has 0 atom stereocenters. The number of hydrogen-bond acceptors (Lipinski definition) is 8. The zero-order valence-corrected chi connectivity index (χ0v) is 17.3. The Bertz CT molecular complexity index is 922. The molecule has 0 unspecified atom stereocenters. The van der Waals surface area contributed by atoms with Gasteiger partial charge in [-0.25, -0.2) is 9.97 Å². The predicted molar refractivity (Wildman–Crippen MR) is 114 cm³/mol. The lowest BCUT2D eigenvalue weighted by Crippen LogP contribution is -2.43. The van der Waals surface area contributed by atoms with E-state index in [9.17, 15) is 4.79 Å². The van der Waals surface area contributed by atoms with E-state index in [2.05, 4.69) is 36.8 Å². The Morgan fingerprint density at radius 1 is 1.14 bits per heavy atom. The zero-order valence-electron chi connectivity index (χ0n) is 16.4. The molecule has 4 rings (SSSR count). The molecule has 0 amide bonds.